The number of hydrogen-bond acceptors (Lipinski definition) is 4. The first-order valence-corrected chi connectivity index (χ1v) is 9.36. The lowest BCUT2D eigenvalue weighted by Gasteiger charge is -2.40. The van der Waals surface area contributed by atoms with Gasteiger partial charge in [-0.2, -0.15) is 0 Å². The molecule has 0 atom stereocenters. The standard InChI is InChI=1S/C14H14F5N3O2S/c15-25(16,17,18,19)11-7-5-9(6-8-11)12(23)20-14-22-21-13(24-14)10-3-1-2-4-10/h5-8,10H,1-4H2,(H,20,22,23). The topological polar surface area (TPSA) is 68.0 Å². The van der Waals surface area contributed by atoms with E-state index in [1.165, 1.54) is 0 Å². The molecule has 1 amide bonds. The number of rotatable bonds is 4. The molecule has 25 heavy (non-hydrogen) atoms. The molecule has 138 valence electrons. The summed E-state index contributed by atoms with van der Waals surface area (Å²) in [5.74, 6) is -0.311. The SMILES string of the molecule is O=C(Nc1nnc(C2CCCC2)o1)c1ccc(S(F)(F)(F)(F)F)cc1. The second-order valence-electron chi connectivity index (χ2n) is 5.87. The van der Waals surface area contributed by atoms with E-state index in [9.17, 15) is 24.2 Å². The van der Waals surface area contributed by atoms with Crippen molar-refractivity contribution >= 4 is 22.1 Å². The molecule has 0 unspecified atom stereocenters. The van der Waals surface area contributed by atoms with Crippen LogP contribution in [0.1, 0.15) is 47.8 Å². The third kappa shape index (κ3) is 4.09. The Balaban J connectivity index is 1.72. The molecular formula is C14H14F5N3O2S. The third-order valence-electron chi connectivity index (χ3n) is 3.93. The van der Waals surface area contributed by atoms with Crippen LogP contribution >= 0.6 is 10.2 Å². The number of carbonyl (C=O) groups excluding carboxylic acids is 1. The summed E-state index contributed by atoms with van der Waals surface area (Å²) in [4.78, 5) is 9.91. The molecule has 0 spiro atoms. The predicted molar refractivity (Wildman–Crippen MR) is 81.3 cm³/mol. The van der Waals surface area contributed by atoms with Gasteiger partial charge in [-0.3, -0.25) is 10.1 Å². The van der Waals surface area contributed by atoms with Crippen LogP contribution < -0.4 is 5.32 Å². The first-order valence-electron chi connectivity index (χ1n) is 7.41. The van der Waals surface area contributed by atoms with Crippen LogP contribution in [0.2, 0.25) is 0 Å². The number of anilines is 1. The molecule has 1 aliphatic carbocycles. The Bertz CT molecular complexity index is 798. The van der Waals surface area contributed by atoms with Crippen molar-refractivity contribution in [3.8, 4) is 0 Å². The monoisotopic (exact) mass is 383 g/mol. The molecule has 1 aliphatic rings. The van der Waals surface area contributed by atoms with E-state index >= 15 is 0 Å². The molecule has 1 saturated carbocycles. The smallest absolute Gasteiger partial charge is 0.322 e. The molecule has 1 heterocycles. The van der Waals surface area contributed by atoms with Crippen LogP contribution in [-0.2, 0) is 0 Å². The molecular weight excluding hydrogens is 369 g/mol. The van der Waals surface area contributed by atoms with Gasteiger partial charge in [0.2, 0.25) is 5.89 Å². The first-order chi connectivity index (χ1) is 11.4. The van der Waals surface area contributed by atoms with E-state index in [0.717, 1.165) is 25.7 Å². The highest BCUT2D eigenvalue weighted by atomic mass is 32.5. The van der Waals surface area contributed by atoms with E-state index in [1.54, 1.807) is 0 Å². The summed E-state index contributed by atoms with van der Waals surface area (Å²) in [5.41, 5.74) is -0.244. The van der Waals surface area contributed by atoms with Crippen molar-refractivity contribution in [2.45, 2.75) is 36.5 Å². The normalized spacial score (nSPS) is 18.6. The Morgan fingerprint density at radius 3 is 2.20 bits per heavy atom. The lowest BCUT2D eigenvalue weighted by Crippen LogP contribution is -2.13. The van der Waals surface area contributed by atoms with Crippen LogP contribution in [0.15, 0.2) is 33.6 Å². The van der Waals surface area contributed by atoms with Gasteiger partial charge in [0, 0.05) is 11.5 Å². The number of aromatic nitrogens is 2. The number of hydrogen-bond donors (Lipinski definition) is 1. The minimum atomic E-state index is -9.76. The average Bonchev–Trinajstić information content (AvgIpc) is 3.15. The van der Waals surface area contributed by atoms with E-state index in [4.69, 9.17) is 4.42 Å². The lowest BCUT2D eigenvalue weighted by molar-refractivity contribution is 0.102. The van der Waals surface area contributed by atoms with Crippen molar-refractivity contribution in [3.05, 3.63) is 35.7 Å². The number of carbonyl (C=O) groups is 1. The van der Waals surface area contributed by atoms with Gasteiger partial charge < -0.3 is 4.42 Å². The molecule has 0 bridgehead atoms. The van der Waals surface area contributed by atoms with Gasteiger partial charge in [-0.15, -0.1) is 5.10 Å². The van der Waals surface area contributed by atoms with Crippen LogP contribution in [0.25, 0.3) is 0 Å². The molecule has 1 aromatic carbocycles. The summed E-state index contributed by atoms with van der Waals surface area (Å²) < 4.78 is 68.5. The van der Waals surface area contributed by atoms with Crippen LogP contribution in [0.3, 0.4) is 0 Å². The molecule has 1 fully saturated rings. The molecule has 5 nitrogen and oxygen atoms in total. The number of halogens is 5. The van der Waals surface area contributed by atoms with Crippen LogP contribution in [0.4, 0.5) is 25.4 Å². The first kappa shape index (κ1) is 17.6. The summed E-state index contributed by atoms with van der Waals surface area (Å²) in [7, 11) is -9.76. The van der Waals surface area contributed by atoms with Gasteiger partial charge >= 0.3 is 16.2 Å². The maximum absolute atomic E-state index is 12.6. The molecule has 0 aliphatic heterocycles. The second kappa shape index (κ2) is 5.16. The summed E-state index contributed by atoms with van der Waals surface area (Å²) in [6.07, 6.45) is 3.91. The minimum Gasteiger partial charge on any atom is -0.408 e. The molecule has 0 radical (unpaired) electrons. The molecule has 2 aromatic rings. The zero-order chi connectivity index (χ0) is 18.4. The van der Waals surface area contributed by atoms with E-state index in [0.29, 0.717) is 18.0 Å². The fourth-order valence-electron chi connectivity index (χ4n) is 2.66. The Morgan fingerprint density at radius 1 is 1.04 bits per heavy atom. The number of amides is 1. The number of nitrogens with one attached hydrogen (secondary N) is 1. The summed E-state index contributed by atoms with van der Waals surface area (Å²) in [5, 5.41) is 9.74. The van der Waals surface area contributed by atoms with Crippen molar-refractivity contribution in [2.24, 2.45) is 0 Å². The lowest BCUT2D eigenvalue weighted by atomic mass is 10.1. The Kier molecular flexibility index (Phi) is 3.64. The largest absolute Gasteiger partial charge is 0.408 e. The Labute approximate surface area is 139 Å². The highest BCUT2D eigenvalue weighted by Crippen LogP contribution is 3.02. The molecule has 0 saturated heterocycles. The molecule has 1 aromatic heterocycles. The van der Waals surface area contributed by atoms with Gasteiger partial charge in [0.25, 0.3) is 5.91 Å². The van der Waals surface area contributed by atoms with Crippen LogP contribution in [0.5, 0.6) is 0 Å². The maximum Gasteiger partial charge on any atom is 0.322 e. The quantitative estimate of drug-likeness (QED) is 0.694. The average molecular weight is 383 g/mol. The van der Waals surface area contributed by atoms with E-state index in [2.05, 4.69) is 15.5 Å². The Hall–Kier alpha value is -2.17. The van der Waals surface area contributed by atoms with Gasteiger partial charge in [-0.1, -0.05) is 37.4 Å². The van der Waals surface area contributed by atoms with E-state index < -0.39 is 21.0 Å². The van der Waals surface area contributed by atoms with Gasteiger partial charge in [-0.05, 0) is 37.1 Å². The number of nitrogens with zero attached hydrogens (tertiary/aromatic N) is 2. The predicted octanol–water partition coefficient (Wildman–Crippen LogP) is 5.64. The highest BCUT2D eigenvalue weighted by molar-refractivity contribution is 8.45. The molecule has 11 heteroatoms. The fraction of sp³-hybridized carbons (Fsp3) is 0.357. The van der Waals surface area contributed by atoms with Gasteiger partial charge in [0.1, 0.15) is 4.90 Å². The maximum atomic E-state index is 12.6. The van der Waals surface area contributed by atoms with Crippen molar-refractivity contribution < 1.29 is 28.6 Å². The van der Waals surface area contributed by atoms with Crippen molar-refractivity contribution in [1.29, 1.82) is 0 Å². The van der Waals surface area contributed by atoms with Crippen LogP contribution in [0, 0.1) is 0 Å². The number of benzene rings is 1. The third-order valence-corrected chi connectivity index (χ3v) is 5.09. The summed E-state index contributed by atoms with van der Waals surface area (Å²) >= 11 is 0. The highest BCUT2D eigenvalue weighted by Gasteiger charge is 2.65. The van der Waals surface area contributed by atoms with Crippen LogP contribution in [-0.4, -0.2) is 16.1 Å². The van der Waals surface area contributed by atoms with Gasteiger partial charge in [0.05, 0.1) is 0 Å². The zero-order valence-electron chi connectivity index (χ0n) is 12.7. The Morgan fingerprint density at radius 2 is 1.64 bits per heavy atom. The second-order valence-corrected chi connectivity index (χ2v) is 8.28. The summed E-state index contributed by atoms with van der Waals surface area (Å²) in [6.45, 7) is 0. The zero-order valence-corrected chi connectivity index (χ0v) is 13.5. The fourth-order valence-corrected chi connectivity index (χ4v) is 3.31. The molecule has 1 N–H and O–H groups in total. The van der Waals surface area contributed by atoms with Gasteiger partial charge in [0.15, 0.2) is 0 Å². The van der Waals surface area contributed by atoms with Crippen molar-refractivity contribution in [3.63, 3.8) is 0 Å². The van der Waals surface area contributed by atoms with E-state index in [1.807, 2.05) is 0 Å². The van der Waals surface area contributed by atoms with E-state index in [-0.39, 0.29) is 29.6 Å². The molecule has 3 rings (SSSR count). The van der Waals surface area contributed by atoms with Gasteiger partial charge in [-0.25, -0.2) is 0 Å². The minimum absolute atomic E-state index is 0.134. The van der Waals surface area contributed by atoms with Crippen molar-refractivity contribution in [2.75, 3.05) is 5.32 Å². The van der Waals surface area contributed by atoms with Crippen molar-refractivity contribution in [1.82, 2.24) is 10.2 Å². The summed E-state index contributed by atoms with van der Waals surface area (Å²) in [6, 6.07) is 1.49.